The minimum atomic E-state index is 0.0498. The molecule has 176 valence electrons. The largest absolute Gasteiger partial charge is 0.351 e. The Hall–Kier alpha value is -2.32. The highest BCUT2D eigenvalue weighted by molar-refractivity contribution is 9.10. The van der Waals surface area contributed by atoms with Crippen LogP contribution >= 0.6 is 15.9 Å². The third-order valence-electron chi connectivity index (χ3n) is 7.36. The van der Waals surface area contributed by atoms with Crippen LogP contribution in [0.5, 0.6) is 0 Å². The van der Waals surface area contributed by atoms with Crippen LogP contribution in [0.15, 0.2) is 35.1 Å². The molecule has 1 amide bonds. The second-order valence-corrected chi connectivity index (χ2v) is 10.5. The number of piperazine rings is 1. The third-order valence-corrected chi connectivity index (χ3v) is 7.89. The van der Waals surface area contributed by atoms with E-state index in [1.807, 2.05) is 43.0 Å². The molecule has 1 aromatic heterocycles. The number of hydrogen-bond acceptors (Lipinski definition) is 5. The normalized spacial score (nSPS) is 21.2. The number of likely N-dealkylation sites (tertiary alicyclic amines) is 1. The van der Waals surface area contributed by atoms with Crippen LogP contribution in [0.25, 0.3) is 0 Å². The first-order valence-electron chi connectivity index (χ1n) is 11.6. The van der Waals surface area contributed by atoms with Crippen LogP contribution in [0.2, 0.25) is 0 Å². The first-order chi connectivity index (χ1) is 15.7. The van der Waals surface area contributed by atoms with Crippen LogP contribution in [0, 0.1) is 19.3 Å². The van der Waals surface area contributed by atoms with Gasteiger partial charge in [-0.2, -0.15) is 0 Å². The van der Waals surface area contributed by atoms with Crippen molar-refractivity contribution in [3.8, 4) is 0 Å². The molecule has 0 spiro atoms. The predicted octanol–water partition coefficient (Wildman–Crippen LogP) is 3.88. The Morgan fingerprint density at radius 2 is 1.67 bits per heavy atom. The average Bonchev–Trinajstić information content (AvgIpc) is 2.79. The fourth-order valence-electron chi connectivity index (χ4n) is 5.12. The van der Waals surface area contributed by atoms with Gasteiger partial charge in [0.15, 0.2) is 0 Å². The fourth-order valence-corrected chi connectivity index (χ4v) is 5.39. The second-order valence-electron chi connectivity index (χ2n) is 9.55. The van der Waals surface area contributed by atoms with Gasteiger partial charge in [-0.05, 0) is 52.7 Å². The van der Waals surface area contributed by atoms with E-state index >= 15 is 0 Å². The summed E-state index contributed by atoms with van der Waals surface area (Å²) in [4.78, 5) is 28.3. The van der Waals surface area contributed by atoms with E-state index in [-0.39, 0.29) is 17.5 Å². The highest BCUT2D eigenvalue weighted by Gasteiger charge is 2.40. The number of amidine groups is 1. The van der Waals surface area contributed by atoms with Crippen molar-refractivity contribution in [2.24, 2.45) is 0 Å². The first kappa shape index (κ1) is 23.8. The second kappa shape index (κ2) is 9.50. The molecule has 7 nitrogen and oxygen atoms in total. The van der Waals surface area contributed by atoms with Crippen molar-refractivity contribution in [1.29, 1.82) is 5.41 Å². The maximum absolute atomic E-state index is 13.2. The minimum Gasteiger partial charge on any atom is -0.351 e. The Labute approximate surface area is 204 Å². The zero-order valence-electron chi connectivity index (χ0n) is 19.9. The number of aromatic nitrogens is 2. The molecule has 0 bridgehead atoms. The lowest BCUT2D eigenvalue weighted by Gasteiger charge is -2.52. The van der Waals surface area contributed by atoms with Gasteiger partial charge in [0.1, 0.15) is 12.2 Å². The van der Waals surface area contributed by atoms with E-state index in [2.05, 4.69) is 49.5 Å². The van der Waals surface area contributed by atoms with Crippen LogP contribution in [0.3, 0.4) is 0 Å². The SMILES string of the molecule is Cc1ncnc(C)c1C(=O)N1CCC(C)(N2CCN(C(=N)c3ccc(Br)cc3)[C@@H](C)C2)CC1. The van der Waals surface area contributed by atoms with Gasteiger partial charge in [-0.15, -0.1) is 0 Å². The van der Waals surface area contributed by atoms with Crippen molar-refractivity contribution in [1.82, 2.24) is 24.7 Å². The third kappa shape index (κ3) is 4.82. The topological polar surface area (TPSA) is 76.4 Å². The standard InChI is InChI=1S/C25H33BrN6O/c1-17-15-31(13-14-32(17)23(27)20-5-7-21(26)8-6-20)25(4)9-11-30(12-10-25)24(33)22-18(2)28-16-29-19(22)3/h5-8,16-17,27H,9-15H2,1-4H3/t17-/m0/s1. The molecule has 1 N–H and O–H groups in total. The summed E-state index contributed by atoms with van der Waals surface area (Å²) in [6.45, 7) is 12.5. The number of nitrogens with zero attached hydrogens (tertiary/aromatic N) is 5. The van der Waals surface area contributed by atoms with Crippen LogP contribution in [-0.4, -0.2) is 80.7 Å². The molecule has 1 aromatic carbocycles. The molecule has 33 heavy (non-hydrogen) atoms. The quantitative estimate of drug-likeness (QED) is 0.498. The van der Waals surface area contributed by atoms with Crippen molar-refractivity contribution in [2.75, 3.05) is 32.7 Å². The zero-order valence-corrected chi connectivity index (χ0v) is 21.5. The molecule has 3 heterocycles. The number of rotatable bonds is 3. The Morgan fingerprint density at radius 3 is 2.24 bits per heavy atom. The number of carbonyl (C=O) groups is 1. The van der Waals surface area contributed by atoms with Crippen molar-refractivity contribution < 1.29 is 4.79 Å². The van der Waals surface area contributed by atoms with Crippen molar-refractivity contribution in [3.63, 3.8) is 0 Å². The summed E-state index contributed by atoms with van der Waals surface area (Å²) >= 11 is 3.47. The maximum atomic E-state index is 13.2. The molecule has 8 heteroatoms. The highest BCUT2D eigenvalue weighted by atomic mass is 79.9. The first-order valence-corrected chi connectivity index (χ1v) is 12.4. The van der Waals surface area contributed by atoms with Gasteiger partial charge in [-0.3, -0.25) is 15.1 Å². The summed E-state index contributed by atoms with van der Waals surface area (Å²) < 4.78 is 1.03. The molecule has 1 atom stereocenters. The zero-order chi connectivity index (χ0) is 23.8. The number of aryl methyl sites for hydroxylation is 2. The smallest absolute Gasteiger partial charge is 0.257 e. The Bertz CT molecular complexity index is 1010. The summed E-state index contributed by atoms with van der Waals surface area (Å²) in [5, 5.41) is 8.71. The Morgan fingerprint density at radius 1 is 1.06 bits per heavy atom. The maximum Gasteiger partial charge on any atom is 0.257 e. The van der Waals surface area contributed by atoms with Gasteiger partial charge in [0.25, 0.3) is 5.91 Å². The fraction of sp³-hybridized carbons (Fsp3) is 0.520. The van der Waals surface area contributed by atoms with Crippen LogP contribution < -0.4 is 0 Å². The summed E-state index contributed by atoms with van der Waals surface area (Å²) in [7, 11) is 0. The molecule has 2 aliphatic heterocycles. The number of halogens is 1. The van der Waals surface area contributed by atoms with Gasteiger partial charge in [-0.25, -0.2) is 9.97 Å². The molecular weight excluding hydrogens is 480 g/mol. The number of benzene rings is 1. The molecule has 0 saturated carbocycles. The van der Waals surface area contributed by atoms with Crippen LogP contribution in [0.4, 0.5) is 0 Å². The van der Waals surface area contributed by atoms with Crippen LogP contribution in [0.1, 0.15) is 54.0 Å². The number of nitrogens with one attached hydrogen (secondary N) is 1. The number of hydrogen-bond donors (Lipinski definition) is 1. The van der Waals surface area contributed by atoms with Crippen molar-refractivity contribution >= 4 is 27.7 Å². The molecule has 0 unspecified atom stereocenters. The van der Waals surface area contributed by atoms with Crippen molar-refractivity contribution in [3.05, 3.63) is 57.6 Å². The van der Waals surface area contributed by atoms with Gasteiger partial charge < -0.3 is 9.80 Å². The van der Waals surface area contributed by atoms with E-state index in [0.29, 0.717) is 11.4 Å². The number of piperidine rings is 1. The Kier molecular flexibility index (Phi) is 6.86. The summed E-state index contributed by atoms with van der Waals surface area (Å²) in [6, 6.07) is 8.25. The monoisotopic (exact) mass is 512 g/mol. The summed E-state index contributed by atoms with van der Waals surface area (Å²) in [5.41, 5.74) is 3.16. The minimum absolute atomic E-state index is 0.0498. The van der Waals surface area contributed by atoms with Gasteiger partial charge in [-0.1, -0.05) is 28.1 Å². The average molecular weight is 513 g/mol. The van der Waals surface area contributed by atoms with Gasteiger partial charge in [0.2, 0.25) is 0 Å². The predicted molar refractivity (Wildman–Crippen MR) is 134 cm³/mol. The van der Waals surface area contributed by atoms with E-state index in [9.17, 15) is 4.79 Å². The van der Waals surface area contributed by atoms with E-state index in [1.165, 1.54) is 6.33 Å². The molecule has 2 aliphatic rings. The molecular formula is C25H33BrN6O. The van der Waals surface area contributed by atoms with Crippen LogP contribution in [-0.2, 0) is 0 Å². The van der Waals surface area contributed by atoms with Gasteiger partial charge in [0.05, 0.1) is 17.0 Å². The molecule has 4 rings (SSSR count). The molecule has 0 radical (unpaired) electrons. The molecule has 2 saturated heterocycles. The molecule has 2 aromatic rings. The number of carbonyl (C=O) groups excluding carboxylic acids is 1. The van der Waals surface area contributed by atoms with Gasteiger partial charge in [0, 0.05) is 54.3 Å². The van der Waals surface area contributed by atoms with E-state index < -0.39 is 0 Å². The van der Waals surface area contributed by atoms with E-state index in [0.717, 1.165) is 67.0 Å². The number of amides is 1. The van der Waals surface area contributed by atoms with E-state index in [4.69, 9.17) is 5.41 Å². The van der Waals surface area contributed by atoms with E-state index in [1.54, 1.807) is 0 Å². The summed E-state index contributed by atoms with van der Waals surface area (Å²) in [6.07, 6.45) is 3.41. The lowest BCUT2D eigenvalue weighted by atomic mass is 9.86. The lowest BCUT2D eigenvalue weighted by Crippen LogP contribution is -2.62. The summed E-state index contributed by atoms with van der Waals surface area (Å²) in [5.74, 6) is 0.643. The molecule has 2 fully saturated rings. The van der Waals surface area contributed by atoms with Crippen molar-refractivity contribution in [2.45, 2.75) is 52.1 Å². The molecule has 0 aliphatic carbocycles. The highest BCUT2D eigenvalue weighted by Crippen LogP contribution is 2.32. The van der Waals surface area contributed by atoms with Gasteiger partial charge >= 0.3 is 0 Å². The Balaban J connectivity index is 1.37. The lowest BCUT2D eigenvalue weighted by molar-refractivity contribution is -0.00112.